The van der Waals surface area contributed by atoms with E-state index >= 15 is 0 Å². The second-order valence-corrected chi connectivity index (χ2v) is 14.2. The maximum absolute atomic E-state index is 2.49. The summed E-state index contributed by atoms with van der Waals surface area (Å²) < 4.78 is 2.49. The highest BCUT2D eigenvalue weighted by Crippen LogP contribution is 2.43. The van der Waals surface area contributed by atoms with Crippen LogP contribution in [0.25, 0.3) is 71.6 Å². The van der Waals surface area contributed by atoms with Crippen molar-refractivity contribution in [3.63, 3.8) is 0 Å². The van der Waals surface area contributed by atoms with Crippen LogP contribution in [0.2, 0.25) is 0 Å². The molecule has 55 heavy (non-hydrogen) atoms. The molecule has 2 heteroatoms. The number of nitrogens with zero attached hydrogens (tertiary/aromatic N) is 2. The third-order valence-electron chi connectivity index (χ3n) is 10.9. The first-order valence-corrected chi connectivity index (χ1v) is 18.9. The van der Waals surface area contributed by atoms with E-state index in [9.17, 15) is 0 Å². The van der Waals surface area contributed by atoms with Gasteiger partial charge in [-0.1, -0.05) is 164 Å². The zero-order chi connectivity index (χ0) is 36.7. The summed E-state index contributed by atoms with van der Waals surface area (Å²) in [6, 6.07) is 77.0. The van der Waals surface area contributed by atoms with E-state index in [2.05, 4.69) is 229 Å². The van der Waals surface area contributed by atoms with Crippen LogP contribution in [0.3, 0.4) is 0 Å². The summed E-state index contributed by atoms with van der Waals surface area (Å²) in [4.78, 5) is 2.38. The number of aryl methyl sites for hydroxylation is 1. The van der Waals surface area contributed by atoms with Gasteiger partial charge in [-0.2, -0.15) is 0 Å². The normalized spacial score (nSPS) is 11.4. The minimum absolute atomic E-state index is 1.09. The van der Waals surface area contributed by atoms with E-state index in [1.54, 1.807) is 0 Å². The average Bonchev–Trinajstić information content (AvgIpc) is 3.58. The van der Waals surface area contributed by atoms with E-state index in [-0.39, 0.29) is 0 Å². The highest BCUT2D eigenvalue weighted by Gasteiger charge is 2.20. The molecule has 10 aromatic rings. The van der Waals surface area contributed by atoms with Crippen LogP contribution in [0.4, 0.5) is 17.1 Å². The molecule has 0 unspecified atom stereocenters. The number of benzene rings is 9. The zero-order valence-corrected chi connectivity index (χ0v) is 30.6. The quantitative estimate of drug-likeness (QED) is 0.160. The highest BCUT2D eigenvalue weighted by molar-refractivity contribution is 6.11. The molecule has 0 aliphatic carbocycles. The lowest BCUT2D eigenvalue weighted by Gasteiger charge is -2.26. The van der Waals surface area contributed by atoms with Gasteiger partial charge in [0.05, 0.1) is 16.7 Å². The molecule has 1 aromatic heterocycles. The Morgan fingerprint density at radius 2 is 0.873 bits per heavy atom. The van der Waals surface area contributed by atoms with Gasteiger partial charge in [0, 0.05) is 33.4 Å². The molecule has 0 atom stereocenters. The van der Waals surface area contributed by atoms with Crippen LogP contribution in [0.5, 0.6) is 0 Å². The number of fused-ring (bicyclic) bond motifs is 4. The average molecular weight is 703 g/mol. The molecule has 9 aromatic carbocycles. The van der Waals surface area contributed by atoms with Gasteiger partial charge in [0.1, 0.15) is 0 Å². The van der Waals surface area contributed by atoms with Crippen molar-refractivity contribution < 1.29 is 0 Å². The van der Waals surface area contributed by atoms with Crippen molar-refractivity contribution in [2.75, 3.05) is 4.90 Å². The number of aromatic nitrogens is 1. The van der Waals surface area contributed by atoms with Crippen LogP contribution in [0, 0.1) is 6.92 Å². The molecule has 1 heterocycles. The molecule has 0 saturated carbocycles. The van der Waals surface area contributed by atoms with E-state index in [4.69, 9.17) is 0 Å². The minimum atomic E-state index is 1.09. The first-order chi connectivity index (χ1) is 27.2. The van der Waals surface area contributed by atoms with Gasteiger partial charge in [-0.3, -0.25) is 0 Å². The van der Waals surface area contributed by atoms with Crippen LogP contribution in [-0.2, 0) is 0 Å². The molecule has 260 valence electrons. The predicted molar refractivity (Wildman–Crippen MR) is 234 cm³/mol. The molecular formula is C53H38N2. The van der Waals surface area contributed by atoms with Crippen LogP contribution in [-0.4, -0.2) is 4.57 Å². The van der Waals surface area contributed by atoms with Crippen LogP contribution < -0.4 is 4.90 Å². The second kappa shape index (κ2) is 13.7. The lowest BCUT2D eigenvalue weighted by molar-refractivity contribution is 1.15. The summed E-state index contributed by atoms with van der Waals surface area (Å²) in [5.41, 5.74) is 15.3. The largest absolute Gasteiger partial charge is 0.310 e. The molecular weight excluding hydrogens is 665 g/mol. The lowest BCUT2D eigenvalue weighted by atomic mass is 9.97. The van der Waals surface area contributed by atoms with Gasteiger partial charge >= 0.3 is 0 Å². The molecule has 0 bridgehead atoms. The van der Waals surface area contributed by atoms with E-state index in [1.165, 1.54) is 77.2 Å². The fraction of sp³-hybridized carbons (Fsp3) is 0.0189. The van der Waals surface area contributed by atoms with E-state index in [1.807, 2.05) is 0 Å². The highest BCUT2D eigenvalue weighted by atomic mass is 15.1. The summed E-state index contributed by atoms with van der Waals surface area (Å²) in [6.45, 7) is 2.24. The molecule has 0 amide bonds. The summed E-state index contributed by atoms with van der Waals surface area (Å²) in [7, 11) is 0. The molecule has 0 N–H and O–H groups in total. The van der Waals surface area contributed by atoms with Crippen molar-refractivity contribution in [1.29, 1.82) is 0 Å². The second-order valence-electron chi connectivity index (χ2n) is 14.2. The summed E-state index contributed by atoms with van der Waals surface area (Å²) in [5, 5.41) is 4.95. The van der Waals surface area contributed by atoms with Gasteiger partial charge in [-0.05, 0) is 99.6 Å². The zero-order valence-electron chi connectivity index (χ0n) is 30.6. The number of rotatable bonds is 7. The molecule has 2 nitrogen and oxygen atoms in total. The number of hydrogen-bond acceptors (Lipinski definition) is 1. The molecule has 0 spiro atoms. The summed E-state index contributed by atoms with van der Waals surface area (Å²) in [6.07, 6.45) is 0. The van der Waals surface area contributed by atoms with Crippen LogP contribution >= 0.6 is 0 Å². The van der Waals surface area contributed by atoms with E-state index in [0.717, 1.165) is 17.1 Å². The van der Waals surface area contributed by atoms with Crippen molar-refractivity contribution in [3.05, 3.63) is 218 Å². The summed E-state index contributed by atoms with van der Waals surface area (Å²) >= 11 is 0. The van der Waals surface area contributed by atoms with Crippen molar-refractivity contribution in [2.24, 2.45) is 0 Å². The van der Waals surface area contributed by atoms with Gasteiger partial charge in [0.15, 0.2) is 0 Å². The Morgan fingerprint density at radius 1 is 0.345 bits per heavy atom. The lowest BCUT2D eigenvalue weighted by Crippen LogP contribution is -2.10. The number of anilines is 3. The van der Waals surface area contributed by atoms with Gasteiger partial charge in [0.25, 0.3) is 0 Å². The Balaban J connectivity index is 1.18. The van der Waals surface area contributed by atoms with Gasteiger partial charge < -0.3 is 9.47 Å². The van der Waals surface area contributed by atoms with Crippen molar-refractivity contribution >= 4 is 49.6 Å². The van der Waals surface area contributed by atoms with Crippen LogP contribution in [0.1, 0.15) is 5.56 Å². The SMILES string of the molecule is Cc1cccc(-c2ccc3ccccc3c2)c1-n1c2ccccc2c2ccc(N(c3ccc(-c4ccccc4)cc3)c3ccc(-c4ccccc4)cc3)cc21. The molecule has 10 rings (SSSR count). The standard InChI is InChI=1S/C53H38N2/c1-37-13-12-21-48(44-24-23-40-18-8-9-19-43(40)35-44)53(37)55-51-22-11-10-20-49(51)50-34-33-47(36-52(50)55)54(45-29-25-41(26-30-45)38-14-4-2-5-15-38)46-31-27-42(28-32-46)39-16-6-3-7-17-39/h2-36H,1H3. The van der Waals surface area contributed by atoms with Crippen molar-refractivity contribution in [3.8, 4) is 39.1 Å². The number of para-hydroxylation sites is 2. The van der Waals surface area contributed by atoms with Crippen molar-refractivity contribution in [2.45, 2.75) is 6.92 Å². The topological polar surface area (TPSA) is 8.17 Å². The Hall–Kier alpha value is -7.16. The van der Waals surface area contributed by atoms with E-state index in [0.29, 0.717) is 0 Å². The Labute approximate surface area is 321 Å². The first kappa shape index (κ1) is 32.5. The third-order valence-corrected chi connectivity index (χ3v) is 10.9. The maximum atomic E-state index is 2.49. The third kappa shape index (κ3) is 5.85. The monoisotopic (exact) mass is 702 g/mol. The van der Waals surface area contributed by atoms with Gasteiger partial charge in [-0.25, -0.2) is 0 Å². The Bertz CT molecular complexity index is 2880. The fourth-order valence-corrected chi connectivity index (χ4v) is 8.20. The minimum Gasteiger partial charge on any atom is -0.310 e. The number of hydrogen-bond donors (Lipinski definition) is 0. The molecule has 0 aliphatic rings. The van der Waals surface area contributed by atoms with Crippen molar-refractivity contribution in [1.82, 2.24) is 4.57 Å². The fourth-order valence-electron chi connectivity index (χ4n) is 8.20. The van der Waals surface area contributed by atoms with E-state index < -0.39 is 0 Å². The molecule has 0 saturated heterocycles. The maximum Gasteiger partial charge on any atom is 0.0569 e. The van der Waals surface area contributed by atoms with Gasteiger partial charge in [-0.15, -0.1) is 0 Å². The molecule has 0 fully saturated rings. The summed E-state index contributed by atoms with van der Waals surface area (Å²) in [5.74, 6) is 0. The van der Waals surface area contributed by atoms with Gasteiger partial charge in [0.2, 0.25) is 0 Å². The molecule has 0 aliphatic heterocycles. The smallest absolute Gasteiger partial charge is 0.0569 e. The Kier molecular flexibility index (Phi) is 8.08. The first-order valence-electron chi connectivity index (χ1n) is 18.9. The molecule has 0 radical (unpaired) electrons. The predicted octanol–water partition coefficient (Wildman–Crippen LogP) is 14.7. The van der Waals surface area contributed by atoms with Crippen LogP contribution in [0.15, 0.2) is 212 Å². The Morgan fingerprint density at radius 3 is 1.55 bits per heavy atom.